The van der Waals surface area contributed by atoms with Gasteiger partial charge in [0, 0.05) is 0 Å². The van der Waals surface area contributed by atoms with E-state index in [2.05, 4.69) is 10.3 Å². The number of phenols is 1. The molecule has 1 aromatic heterocycles. The lowest BCUT2D eigenvalue weighted by Crippen LogP contribution is -2.03. The number of nitrogens with zero attached hydrogens (tertiary/aromatic N) is 3. The van der Waals surface area contributed by atoms with E-state index in [0.717, 1.165) is 0 Å². The van der Waals surface area contributed by atoms with Gasteiger partial charge in [0.2, 0.25) is 0 Å². The van der Waals surface area contributed by atoms with Crippen LogP contribution in [-0.4, -0.2) is 26.4 Å². The zero-order chi connectivity index (χ0) is 12.4. The number of carbonyl (C=O) groups excluding carboxylic acids is 1. The van der Waals surface area contributed by atoms with Crippen LogP contribution in [0.1, 0.15) is 35.9 Å². The molecule has 0 saturated carbocycles. The van der Waals surface area contributed by atoms with Crippen molar-refractivity contribution in [2.75, 3.05) is 0 Å². The van der Waals surface area contributed by atoms with Gasteiger partial charge in [-0.25, -0.2) is 4.68 Å². The van der Waals surface area contributed by atoms with E-state index in [1.807, 2.05) is 13.8 Å². The number of aromatic hydroxyl groups is 1. The van der Waals surface area contributed by atoms with Gasteiger partial charge in [-0.2, -0.15) is 0 Å². The summed E-state index contributed by atoms with van der Waals surface area (Å²) in [6.07, 6.45) is 0.710. The van der Waals surface area contributed by atoms with Crippen LogP contribution in [0.25, 0.3) is 5.69 Å². The first-order valence-electron chi connectivity index (χ1n) is 5.34. The number of rotatable bonds is 3. The average Bonchev–Trinajstić information content (AvgIpc) is 2.73. The monoisotopic (exact) mass is 231 g/mol. The third-order valence-corrected chi connectivity index (χ3v) is 2.50. The Morgan fingerprint density at radius 1 is 1.35 bits per heavy atom. The molecule has 5 nitrogen and oxygen atoms in total. The molecule has 0 fully saturated rings. The Bertz CT molecular complexity index is 546. The molecule has 0 atom stereocenters. The number of benzene rings is 1. The summed E-state index contributed by atoms with van der Waals surface area (Å²) < 4.78 is 1.36. The standard InChI is InChI=1S/C12H13N3O2/c1-8(2)12-10(7-16)15(14-13-12)9-5-3-4-6-11(9)17/h3-8,17H,1-2H3. The molecule has 0 aliphatic carbocycles. The van der Waals surface area contributed by atoms with Crippen molar-refractivity contribution in [2.24, 2.45) is 0 Å². The molecule has 5 heteroatoms. The molecule has 1 heterocycles. The second kappa shape index (κ2) is 4.37. The van der Waals surface area contributed by atoms with E-state index < -0.39 is 0 Å². The van der Waals surface area contributed by atoms with Gasteiger partial charge >= 0.3 is 0 Å². The van der Waals surface area contributed by atoms with Crippen LogP contribution in [0.15, 0.2) is 24.3 Å². The smallest absolute Gasteiger partial charge is 0.170 e. The van der Waals surface area contributed by atoms with E-state index in [4.69, 9.17) is 0 Å². The van der Waals surface area contributed by atoms with Crippen molar-refractivity contribution in [3.8, 4) is 11.4 Å². The molecular weight excluding hydrogens is 218 g/mol. The maximum atomic E-state index is 11.1. The predicted octanol–water partition coefficient (Wildman–Crippen LogP) is 1.91. The van der Waals surface area contributed by atoms with E-state index in [1.165, 1.54) is 4.68 Å². The van der Waals surface area contributed by atoms with Crippen molar-refractivity contribution in [1.82, 2.24) is 15.0 Å². The number of hydrogen-bond acceptors (Lipinski definition) is 4. The van der Waals surface area contributed by atoms with Crippen molar-refractivity contribution in [2.45, 2.75) is 19.8 Å². The van der Waals surface area contributed by atoms with Crippen molar-refractivity contribution in [3.05, 3.63) is 35.7 Å². The van der Waals surface area contributed by atoms with Crippen molar-refractivity contribution >= 4 is 6.29 Å². The molecule has 0 saturated heterocycles. The number of aldehydes is 1. The third kappa shape index (κ3) is 1.91. The number of aromatic nitrogens is 3. The van der Waals surface area contributed by atoms with Crippen LogP contribution >= 0.6 is 0 Å². The van der Waals surface area contributed by atoms with Gasteiger partial charge in [-0.05, 0) is 18.1 Å². The van der Waals surface area contributed by atoms with Gasteiger partial charge < -0.3 is 5.11 Å². The molecule has 17 heavy (non-hydrogen) atoms. The van der Waals surface area contributed by atoms with Crippen LogP contribution in [-0.2, 0) is 0 Å². The van der Waals surface area contributed by atoms with E-state index in [0.29, 0.717) is 23.4 Å². The minimum atomic E-state index is 0.0656. The summed E-state index contributed by atoms with van der Waals surface area (Å²) in [5, 5.41) is 17.6. The van der Waals surface area contributed by atoms with E-state index in [-0.39, 0.29) is 11.7 Å². The van der Waals surface area contributed by atoms with Gasteiger partial charge in [-0.3, -0.25) is 4.79 Å². The normalized spacial score (nSPS) is 10.8. The lowest BCUT2D eigenvalue weighted by molar-refractivity contribution is 0.111. The highest BCUT2D eigenvalue weighted by Gasteiger charge is 2.17. The first kappa shape index (κ1) is 11.3. The van der Waals surface area contributed by atoms with Crippen molar-refractivity contribution in [3.63, 3.8) is 0 Å². The highest BCUT2D eigenvalue weighted by atomic mass is 16.3. The molecule has 2 aromatic rings. The first-order chi connectivity index (χ1) is 8.15. The second-order valence-electron chi connectivity index (χ2n) is 4.03. The van der Waals surface area contributed by atoms with Gasteiger partial charge in [-0.15, -0.1) is 5.10 Å². The van der Waals surface area contributed by atoms with Crippen LogP contribution in [0.3, 0.4) is 0 Å². The number of phenolic OH excluding ortho intramolecular Hbond substituents is 1. The minimum Gasteiger partial charge on any atom is -0.506 e. The van der Waals surface area contributed by atoms with E-state index >= 15 is 0 Å². The van der Waals surface area contributed by atoms with Gasteiger partial charge in [0.15, 0.2) is 6.29 Å². The Morgan fingerprint density at radius 2 is 2.06 bits per heavy atom. The topological polar surface area (TPSA) is 68.0 Å². The predicted molar refractivity (Wildman–Crippen MR) is 62.5 cm³/mol. The zero-order valence-electron chi connectivity index (χ0n) is 9.66. The number of hydrogen-bond donors (Lipinski definition) is 1. The largest absolute Gasteiger partial charge is 0.506 e. The van der Waals surface area contributed by atoms with Gasteiger partial charge in [0.25, 0.3) is 0 Å². The molecule has 0 unspecified atom stereocenters. The fourth-order valence-electron chi connectivity index (χ4n) is 1.64. The summed E-state index contributed by atoms with van der Waals surface area (Å²) in [6, 6.07) is 6.70. The highest BCUT2D eigenvalue weighted by molar-refractivity contribution is 5.75. The molecule has 1 N–H and O–H groups in total. The summed E-state index contributed by atoms with van der Waals surface area (Å²) in [7, 11) is 0. The van der Waals surface area contributed by atoms with Gasteiger partial charge in [0.05, 0.1) is 5.69 Å². The molecule has 0 radical (unpaired) electrons. The first-order valence-corrected chi connectivity index (χ1v) is 5.34. The Hall–Kier alpha value is -2.17. The van der Waals surface area contributed by atoms with E-state index in [1.54, 1.807) is 24.3 Å². The van der Waals surface area contributed by atoms with Crippen LogP contribution < -0.4 is 0 Å². The summed E-state index contributed by atoms with van der Waals surface area (Å²) in [5.41, 5.74) is 1.46. The van der Waals surface area contributed by atoms with Crippen molar-refractivity contribution in [1.29, 1.82) is 0 Å². The number of carbonyl (C=O) groups is 1. The quantitative estimate of drug-likeness (QED) is 0.819. The summed E-state index contributed by atoms with van der Waals surface area (Å²) in [6.45, 7) is 3.87. The molecule has 0 aliphatic rings. The lowest BCUT2D eigenvalue weighted by atomic mass is 10.1. The molecular formula is C12H13N3O2. The van der Waals surface area contributed by atoms with Crippen LogP contribution in [0, 0.1) is 0 Å². The van der Waals surface area contributed by atoms with Crippen LogP contribution in [0.2, 0.25) is 0 Å². The summed E-state index contributed by atoms with van der Waals surface area (Å²) >= 11 is 0. The molecule has 0 bridgehead atoms. The summed E-state index contributed by atoms with van der Waals surface area (Å²) in [4.78, 5) is 11.1. The number of para-hydroxylation sites is 2. The molecule has 88 valence electrons. The lowest BCUT2D eigenvalue weighted by Gasteiger charge is -2.05. The van der Waals surface area contributed by atoms with E-state index in [9.17, 15) is 9.90 Å². The van der Waals surface area contributed by atoms with Crippen LogP contribution in [0.5, 0.6) is 5.75 Å². The van der Waals surface area contributed by atoms with Gasteiger partial charge in [0.1, 0.15) is 17.1 Å². The maximum absolute atomic E-state index is 11.1. The molecule has 2 rings (SSSR count). The zero-order valence-corrected chi connectivity index (χ0v) is 9.66. The molecule has 0 amide bonds. The Labute approximate surface area is 98.7 Å². The highest BCUT2D eigenvalue weighted by Crippen LogP contribution is 2.23. The van der Waals surface area contributed by atoms with Crippen LogP contribution in [0.4, 0.5) is 0 Å². The maximum Gasteiger partial charge on any atom is 0.170 e. The fraction of sp³-hybridized carbons (Fsp3) is 0.250. The van der Waals surface area contributed by atoms with Gasteiger partial charge in [-0.1, -0.05) is 31.2 Å². The Morgan fingerprint density at radius 3 is 2.65 bits per heavy atom. The fourth-order valence-corrected chi connectivity index (χ4v) is 1.64. The minimum absolute atomic E-state index is 0.0656. The SMILES string of the molecule is CC(C)c1nnn(-c2ccccc2O)c1C=O. The Balaban J connectivity index is 2.61. The third-order valence-electron chi connectivity index (χ3n) is 2.50. The van der Waals surface area contributed by atoms with Crippen molar-refractivity contribution < 1.29 is 9.90 Å². The Kier molecular flexibility index (Phi) is 2.91. The average molecular weight is 231 g/mol. The molecule has 0 aliphatic heterocycles. The molecule has 0 spiro atoms. The summed E-state index contributed by atoms with van der Waals surface area (Å²) in [5.74, 6) is 0.172. The molecule has 1 aromatic carbocycles. The second-order valence-corrected chi connectivity index (χ2v) is 4.03.